The van der Waals surface area contributed by atoms with Gasteiger partial charge in [-0.2, -0.15) is 0 Å². The Labute approximate surface area is 135 Å². The molecule has 2 aromatic carbocycles. The van der Waals surface area contributed by atoms with Crippen molar-refractivity contribution in [1.29, 1.82) is 0 Å². The summed E-state index contributed by atoms with van der Waals surface area (Å²) >= 11 is 0. The molecule has 0 radical (unpaired) electrons. The highest BCUT2D eigenvalue weighted by molar-refractivity contribution is 5.91. The van der Waals surface area contributed by atoms with Crippen LogP contribution in [0.5, 0.6) is 0 Å². The van der Waals surface area contributed by atoms with Gasteiger partial charge in [-0.1, -0.05) is 30.3 Å². The Balaban J connectivity index is 1.98. The molecule has 118 valence electrons. The number of rotatable bonds is 0. The topological polar surface area (TPSA) is 91.1 Å². The molecule has 24 heavy (non-hydrogen) atoms. The number of aliphatic hydroxyl groups is 2. The van der Waals surface area contributed by atoms with E-state index in [2.05, 4.69) is 9.97 Å². The highest BCUT2D eigenvalue weighted by atomic mass is 16.3. The number of H-pyrrole nitrogens is 1. The van der Waals surface area contributed by atoms with Crippen LogP contribution in [0, 0.1) is 0 Å². The van der Waals surface area contributed by atoms with Crippen molar-refractivity contribution in [3.05, 3.63) is 64.4 Å². The highest BCUT2D eigenvalue weighted by Crippen LogP contribution is 2.42. The van der Waals surface area contributed by atoms with Crippen molar-refractivity contribution in [2.45, 2.75) is 12.3 Å². The van der Waals surface area contributed by atoms with E-state index in [0.29, 0.717) is 28.0 Å². The standard InChI is InChI=1S/C18H13N3O3/c22-15-13-9-5-1-3-7-11(9)19-14(13)16-20-12-8-4-2-6-10(12)17(23)21(16)18(15)24/h1-8,15,18-19,22,24H. The largest absolute Gasteiger partial charge is 0.384 e. The van der Waals surface area contributed by atoms with Crippen molar-refractivity contribution in [2.24, 2.45) is 0 Å². The van der Waals surface area contributed by atoms with Crippen molar-refractivity contribution in [3.8, 4) is 11.5 Å². The zero-order chi connectivity index (χ0) is 16.4. The molecule has 1 aliphatic rings. The van der Waals surface area contributed by atoms with Gasteiger partial charge < -0.3 is 15.2 Å². The molecule has 3 N–H and O–H groups in total. The summed E-state index contributed by atoms with van der Waals surface area (Å²) in [6, 6.07) is 14.5. The number of aromatic nitrogens is 3. The molecule has 3 heterocycles. The lowest BCUT2D eigenvalue weighted by Crippen LogP contribution is -2.34. The van der Waals surface area contributed by atoms with Crippen LogP contribution in [0.15, 0.2) is 53.3 Å². The minimum Gasteiger partial charge on any atom is -0.384 e. The SMILES string of the molecule is O=c1c2ccccc2nc2n1C(O)C(O)c1c-2[nH]c2ccccc12. The number of hydrogen-bond donors (Lipinski definition) is 3. The average Bonchev–Trinajstić information content (AvgIpc) is 2.99. The summed E-state index contributed by atoms with van der Waals surface area (Å²) in [6.07, 6.45) is -2.58. The number of para-hydroxylation sites is 2. The second kappa shape index (κ2) is 4.53. The predicted octanol–water partition coefficient (Wildman–Crippen LogP) is 2.08. The van der Waals surface area contributed by atoms with Gasteiger partial charge in [0.15, 0.2) is 12.1 Å². The molecule has 0 spiro atoms. The fourth-order valence-corrected chi connectivity index (χ4v) is 3.51. The first-order valence-corrected chi connectivity index (χ1v) is 7.65. The molecule has 4 aromatic rings. The van der Waals surface area contributed by atoms with Crippen LogP contribution in [0.4, 0.5) is 0 Å². The van der Waals surface area contributed by atoms with Crippen molar-refractivity contribution in [3.63, 3.8) is 0 Å². The molecule has 2 atom stereocenters. The summed E-state index contributed by atoms with van der Waals surface area (Å²) < 4.78 is 1.16. The Morgan fingerprint density at radius 2 is 1.71 bits per heavy atom. The maximum Gasteiger partial charge on any atom is 0.263 e. The molecule has 1 aliphatic heterocycles. The molecule has 2 aromatic heterocycles. The fourth-order valence-electron chi connectivity index (χ4n) is 3.51. The third-order valence-corrected chi connectivity index (χ3v) is 4.62. The summed E-state index contributed by atoms with van der Waals surface area (Å²) in [5.74, 6) is 0.336. The summed E-state index contributed by atoms with van der Waals surface area (Å²) in [5, 5.41) is 22.4. The van der Waals surface area contributed by atoms with Gasteiger partial charge in [0.2, 0.25) is 0 Å². The molecular weight excluding hydrogens is 306 g/mol. The second-order valence-corrected chi connectivity index (χ2v) is 5.95. The zero-order valence-corrected chi connectivity index (χ0v) is 12.5. The van der Waals surface area contributed by atoms with Crippen LogP contribution in [-0.2, 0) is 0 Å². The monoisotopic (exact) mass is 319 g/mol. The van der Waals surface area contributed by atoms with Crippen LogP contribution >= 0.6 is 0 Å². The van der Waals surface area contributed by atoms with Crippen molar-refractivity contribution < 1.29 is 10.2 Å². The minimum atomic E-state index is -1.38. The van der Waals surface area contributed by atoms with E-state index in [1.807, 2.05) is 30.3 Å². The van der Waals surface area contributed by atoms with Crippen LogP contribution in [0.1, 0.15) is 17.9 Å². The molecule has 0 aliphatic carbocycles. The highest BCUT2D eigenvalue weighted by Gasteiger charge is 2.36. The fraction of sp³-hybridized carbons (Fsp3) is 0.111. The first-order valence-electron chi connectivity index (χ1n) is 7.65. The van der Waals surface area contributed by atoms with Crippen LogP contribution in [0.25, 0.3) is 33.3 Å². The lowest BCUT2D eigenvalue weighted by molar-refractivity contribution is -0.0339. The van der Waals surface area contributed by atoms with Crippen molar-refractivity contribution in [2.75, 3.05) is 0 Å². The molecular formula is C18H13N3O3. The smallest absolute Gasteiger partial charge is 0.263 e. The Bertz CT molecular complexity index is 1180. The van der Waals surface area contributed by atoms with Crippen LogP contribution in [0.3, 0.4) is 0 Å². The van der Waals surface area contributed by atoms with Gasteiger partial charge in [0, 0.05) is 16.5 Å². The average molecular weight is 319 g/mol. The third-order valence-electron chi connectivity index (χ3n) is 4.62. The molecule has 0 saturated heterocycles. The van der Waals surface area contributed by atoms with E-state index in [9.17, 15) is 15.0 Å². The van der Waals surface area contributed by atoms with Gasteiger partial charge in [0.05, 0.1) is 16.6 Å². The number of benzene rings is 2. The van der Waals surface area contributed by atoms with Crippen LogP contribution in [-0.4, -0.2) is 24.7 Å². The van der Waals surface area contributed by atoms with Gasteiger partial charge in [-0.05, 0) is 18.2 Å². The van der Waals surface area contributed by atoms with Gasteiger partial charge in [0.25, 0.3) is 5.56 Å². The van der Waals surface area contributed by atoms with Crippen LogP contribution in [0.2, 0.25) is 0 Å². The number of hydrogen-bond acceptors (Lipinski definition) is 4. The second-order valence-electron chi connectivity index (χ2n) is 5.95. The van der Waals surface area contributed by atoms with E-state index >= 15 is 0 Å². The van der Waals surface area contributed by atoms with Crippen LogP contribution < -0.4 is 5.56 Å². The molecule has 0 saturated carbocycles. The molecule has 6 heteroatoms. The Hall–Kier alpha value is -2.96. The van der Waals surface area contributed by atoms with E-state index in [4.69, 9.17) is 0 Å². The van der Waals surface area contributed by atoms with Gasteiger partial charge in [-0.25, -0.2) is 4.98 Å². The molecule has 6 nitrogen and oxygen atoms in total. The van der Waals surface area contributed by atoms with E-state index in [-0.39, 0.29) is 5.56 Å². The summed E-state index contributed by atoms with van der Waals surface area (Å²) in [4.78, 5) is 20.6. The third kappa shape index (κ3) is 1.56. The quantitative estimate of drug-likeness (QED) is 0.463. The normalized spacial score (nSPS) is 19.4. The first kappa shape index (κ1) is 13.5. The first-order chi connectivity index (χ1) is 11.7. The van der Waals surface area contributed by atoms with Crippen molar-refractivity contribution >= 4 is 21.8 Å². The van der Waals surface area contributed by atoms with Gasteiger partial charge in [-0.15, -0.1) is 0 Å². The maximum atomic E-state index is 12.8. The van der Waals surface area contributed by atoms with E-state index in [1.165, 1.54) is 0 Å². The molecule has 2 unspecified atom stereocenters. The lowest BCUT2D eigenvalue weighted by atomic mass is 9.99. The van der Waals surface area contributed by atoms with E-state index in [1.54, 1.807) is 18.2 Å². The summed E-state index contributed by atoms with van der Waals surface area (Å²) in [6.45, 7) is 0. The van der Waals surface area contributed by atoms with Gasteiger partial charge in [-0.3, -0.25) is 9.36 Å². The lowest BCUT2D eigenvalue weighted by Gasteiger charge is -2.28. The zero-order valence-electron chi connectivity index (χ0n) is 12.5. The Kier molecular flexibility index (Phi) is 2.54. The van der Waals surface area contributed by atoms with E-state index in [0.717, 1.165) is 15.5 Å². The summed E-state index contributed by atoms with van der Waals surface area (Å²) in [5.41, 5.74) is 2.15. The Morgan fingerprint density at radius 3 is 2.54 bits per heavy atom. The molecule has 0 fully saturated rings. The molecule has 0 amide bonds. The number of aromatic amines is 1. The van der Waals surface area contributed by atoms with E-state index < -0.39 is 12.3 Å². The predicted molar refractivity (Wildman–Crippen MR) is 89.5 cm³/mol. The van der Waals surface area contributed by atoms with Gasteiger partial charge >= 0.3 is 0 Å². The molecule has 5 rings (SSSR count). The van der Waals surface area contributed by atoms with Crippen molar-refractivity contribution in [1.82, 2.24) is 14.5 Å². The number of nitrogens with one attached hydrogen (secondary N) is 1. The number of aliphatic hydroxyl groups excluding tert-OH is 2. The summed E-state index contributed by atoms with van der Waals surface area (Å²) in [7, 11) is 0. The minimum absolute atomic E-state index is 0.336. The van der Waals surface area contributed by atoms with Gasteiger partial charge in [0.1, 0.15) is 6.10 Å². The Morgan fingerprint density at radius 1 is 1.00 bits per heavy atom. The number of nitrogens with zero attached hydrogens (tertiary/aromatic N) is 2. The number of fused-ring (bicyclic) bond motifs is 6. The maximum absolute atomic E-state index is 12.8. The molecule has 0 bridgehead atoms.